The summed E-state index contributed by atoms with van der Waals surface area (Å²) in [5.41, 5.74) is 3.11. The Bertz CT molecular complexity index is 412. The number of aryl methyl sites for hydroxylation is 1. The second-order valence-corrected chi connectivity index (χ2v) is 3.37. The van der Waals surface area contributed by atoms with Gasteiger partial charge in [0.05, 0.1) is 5.56 Å². The number of fused-ring (bicyclic) bond motifs is 1. The van der Waals surface area contributed by atoms with Crippen molar-refractivity contribution in [3.8, 4) is 6.07 Å². The molecule has 60 valence electrons. The molecule has 12 heavy (non-hydrogen) atoms. The molecule has 0 atom stereocenters. The Morgan fingerprint density at radius 3 is 3.08 bits per heavy atom. The molecule has 0 aliphatic heterocycles. The predicted octanol–water partition coefficient (Wildman–Crippen LogP) is 2.10. The van der Waals surface area contributed by atoms with Gasteiger partial charge in [-0.25, -0.2) is 0 Å². The summed E-state index contributed by atoms with van der Waals surface area (Å²) in [6.45, 7) is 0. The van der Waals surface area contributed by atoms with Crippen molar-refractivity contribution in [1.29, 1.82) is 5.26 Å². The van der Waals surface area contributed by atoms with Gasteiger partial charge in [-0.15, -0.1) is 0 Å². The highest BCUT2D eigenvalue weighted by atomic mass is 32.1. The molecule has 3 heteroatoms. The van der Waals surface area contributed by atoms with E-state index in [9.17, 15) is 0 Å². The quantitative estimate of drug-likeness (QED) is 0.615. The van der Waals surface area contributed by atoms with Crippen LogP contribution in [0, 0.1) is 16.0 Å². The molecule has 0 bridgehead atoms. The van der Waals surface area contributed by atoms with E-state index in [0.717, 1.165) is 19.3 Å². The molecule has 0 fully saturated rings. The van der Waals surface area contributed by atoms with Crippen molar-refractivity contribution in [2.24, 2.45) is 0 Å². The highest BCUT2D eigenvalue weighted by molar-refractivity contribution is 7.71. The maximum Gasteiger partial charge on any atom is 0.121 e. The van der Waals surface area contributed by atoms with Crippen molar-refractivity contribution in [2.75, 3.05) is 0 Å². The molecule has 0 saturated heterocycles. The maximum absolute atomic E-state index is 8.85. The average Bonchev–Trinajstić information content (AvgIpc) is 2.52. The number of H-pyrrole nitrogens is 1. The van der Waals surface area contributed by atoms with E-state index >= 15 is 0 Å². The molecule has 0 aromatic carbocycles. The van der Waals surface area contributed by atoms with Crippen LogP contribution in [0.1, 0.15) is 23.1 Å². The topological polar surface area (TPSA) is 39.6 Å². The van der Waals surface area contributed by atoms with Crippen LogP contribution in [0.5, 0.6) is 0 Å². The number of pyridine rings is 1. The van der Waals surface area contributed by atoms with E-state index in [2.05, 4.69) is 11.1 Å². The van der Waals surface area contributed by atoms with Gasteiger partial charge in [-0.1, -0.05) is 12.2 Å². The molecule has 0 radical (unpaired) electrons. The van der Waals surface area contributed by atoms with Crippen LogP contribution >= 0.6 is 12.2 Å². The van der Waals surface area contributed by atoms with Crippen LogP contribution in [0.15, 0.2) is 6.20 Å². The zero-order valence-corrected chi connectivity index (χ0v) is 7.37. The lowest BCUT2D eigenvalue weighted by Crippen LogP contribution is -1.91. The van der Waals surface area contributed by atoms with E-state index < -0.39 is 0 Å². The molecular weight excluding hydrogens is 168 g/mol. The van der Waals surface area contributed by atoms with Gasteiger partial charge >= 0.3 is 0 Å². The van der Waals surface area contributed by atoms with Crippen molar-refractivity contribution < 1.29 is 0 Å². The van der Waals surface area contributed by atoms with Crippen LogP contribution < -0.4 is 0 Å². The summed E-state index contributed by atoms with van der Waals surface area (Å²) in [7, 11) is 0. The maximum atomic E-state index is 8.85. The number of hydrogen-bond donors (Lipinski definition) is 1. The van der Waals surface area contributed by atoms with E-state index in [4.69, 9.17) is 17.5 Å². The van der Waals surface area contributed by atoms with Gasteiger partial charge in [-0.05, 0) is 30.4 Å². The van der Waals surface area contributed by atoms with Crippen molar-refractivity contribution >= 4 is 12.2 Å². The first kappa shape index (κ1) is 7.51. The lowest BCUT2D eigenvalue weighted by molar-refractivity contribution is 0.910. The van der Waals surface area contributed by atoms with E-state index in [0.29, 0.717) is 10.2 Å². The van der Waals surface area contributed by atoms with Gasteiger partial charge in [0, 0.05) is 6.20 Å². The highest BCUT2D eigenvalue weighted by Gasteiger charge is 2.15. The molecule has 1 aliphatic rings. The molecule has 2 rings (SSSR count). The summed E-state index contributed by atoms with van der Waals surface area (Å²) in [6.07, 6.45) is 5.18. The third-order valence-electron chi connectivity index (χ3n) is 2.28. The smallest absolute Gasteiger partial charge is 0.121 e. The predicted molar refractivity (Wildman–Crippen MR) is 48.4 cm³/mol. The summed E-state index contributed by atoms with van der Waals surface area (Å²) in [6, 6.07) is 2.16. The lowest BCUT2D eigenvalue weighted by Gasteiger charge is -1.99. The fraction of sp³-hybridized carbons (Fsp3) is 0.333. The van der Waals surface area contributed by atoms with Crippen LogP contribution in [-0.2, 0) is 12.8 Å². The van der Waals surface area contributed by atoms with Crippen molar-refractivity contribution in [2.45, 2.75) is 19.3 Å². The van der Waals surface area contributed by atoms with E-state index in [1.165, 1.54) is 11.1 Å². The molecule has 2 nitrogen and oxygen atoms in total. The number of aromatic nitrogens is 1. The fourth-order valence-corrected chi connectivity index (χ4v) is 1.92. The van der Waals surface area contributed by atoms with Crippen LogP contribution in [0.25, 0.3) is 0 Å². The monoisotopic (exact) mass is 176 g/mol. The third-order valence-corrected chi connectivity index (χ3v) is 2.60. The number of aromatic amines is 1. The van der Waals surface area contributed by atoms with Gasteiger partial charge in [-0.3, -0.25) is 0 Å². The molecule has 0 spiro atoms. The first-order valence-electron chi connectivity index (χ1n) is 3.96. The summed E-state index contributed by atoms with van der Waals surface area (Å²) >= 11 is 5.01. The van der Waals surface area contributed by atoms with Gasteiger partial charge in [0.1, 0.15) is 10.7 Å². The normalized spacial score (nSPS) is 13.9. The SMILES string of the molecule is N#Cc1c2c(c[nH]c1=S)CCC2. The van der Waals surface area contributed by atoms with E-state index in [1.54, 1.807) is 0 Å². The minimum Gasteiger partial charge on any atom is -0.352 e. The van der Waals surface area contributed by atoms with Gasteiger partial charge in [0.25, 0.3) is 0 Å². The highest BCUT2D eigenvalue weighted by Crippen LogP contribution is 2.24. The second-order valence-electron chi connectivity index (χ2n) is 2.96. The molecule has 1 aliphatic carbocycles. The summed E-state index contributed by atoms with van der Waals surface area (Å²) < 4.78 is 0.582. The van der Waals surface area contributed by atoms with Gasteiger partial charge in [0.2, 0.25) is 0 Å². The molecule has 1 heterocycles. The standard InChI is InChI=1S/C9H8N2S/c10-4-8-7-3-1-2-6(7)5-11-9(8)12/h5H,1-3H2,(H,11,12). The van der Waals surface area contributed by atoms with Crippen molar-refractivity contribution in [1.82, 2.24) is 4.98 Å². The Kier molecular flexibility index (Phi) is 1.70. The van der Waals surface area contributed by atoms with Crippen LogP contribution in [-0.4, -0.2) is 4.98 Å². The van der Waals surface area contributed by atoms with Crippen molar-refractivity contribution in [3.05, 3.63) is 27.5 Å². The van der Waals surface area contributed by atoms with E-state index in [-0.39, 0.29) is 0 Å². The zero-order valence-electron chi connectivity index (χ0n) is 6.55. The largest absolute Gasteiger partial charge is 0.352 e. The van der Waals surface area contributed by atoms with E-state index in [1.807, 2.05) is 6.20 Å². The number of rotatable bonds is 0. The minimum atomic E-state index is 0.582. The van der Waals surface area contributed by atoms with Crippen molar-refractivity contribution in [3.63, 3.8) is 0 Å². The Hall–Kier alpha value is -1.14. The lowest BCUT2D eigenvalue weighted by atomic mass is 10.1. The first-order chi connectivity index (χ1) is 5.83. The summed E-state index contributed by atoms with van der Waals surface area (Å²) in [5.74, 6) is 0. The summed E-state index contributed by atoms with van der Waals surface area (Å²) in [4.78, 5) is 2.94. The van der Waals surface area contributed by atoms with Crippen LogP contribution in [0.2, 0.25) is 0 Å². The van der Waals surface area contributed by atoms with Gasteiger partial charge in [0.15, 0.2) is 0 Å². The van der Waals surface area contributed by atoms with Gasteiger partial charge < -0.3 is 4.98 Å². The Morgan fingerprint density at radius 1 is 1.50 bits per heavy atom. The molecule has 0 saturated carbocycles. The molecule has 0 unspecified atom stereocenters. The molecule has 1 N–H and O–H groups in total. The number of hydrogen-bond acceptors (Lipinski definition) is 2. The fourth-order valence-electron chi connectivity index (χ4n) is 1.69. The van der Waals surface area contributed by atoms with Crippen LogP contribution in [0.3, 0.4) is 0 Å². The van der Waals surface area contributed by atoms with Gasteiger partial charge in [-0.2, -0.15) is 5.26 Å². The Balaban J connectivity index is 2.76. The zero-order chi connectivity index (χ0) is 8.55. The first-order valence-corrected chi connectivity index (χ1v) is 4.37. The Labute approximate surface area is 75.9 Å². The van der Waals surface area contributed by atoms with Crippen LogP contribution in [0.4, 0.5) is 0 Å². The Morgan fingerprint density at radius 2 is 2.33 bits per heavy atom. The number of nitriles is 1. The number of nitrogens with one attached hydrogen (secondary N) is 1. The molecule has 1 aromatic heterocycles. The molecule has 0 amide bonds. The average molecular weight is 176 g/mol. The second kappa shape index (κ2) is 2.72. The third kappa shape index (κ3) is 0.961. The summed E-state index contributed by atoms with van der Waals surface area (Å²) in [5, 5.41) is 8.85. The molecule has 1 aromatic rings. The molecular formula is C9H8N2S. The minimum absolute atomic E-state index is 0.582. The number of nitrogens with zero attached hydrogens (tertiary/aromatic N) is 1.